The molecule has 1 aromatic rings. The fourth-order valence-corrected chi connectivity index (χ4v) is 10.1. The summed E-state index contributed by atoms with van der Waals surface area (Å²) in [5, 5.41) is 0.0779. The highest BCUT2D eigenvalue weighted by Crippen LogP contribution is 2.63. The molecule has 0 fully saturated rings. The third-order valence-corrected chi connectivity index (χ3v) is 13.3. The zero-order valence-corrected chi connectivity index (χ0v) is 19.3. The Kier molecular flexibility index (Phi) is 4.79. The van der Waals surface area contributed by atoms with Gasteiger partial charge in [-0.2, -0.15) is 0 Å². The lowest BCUT2D eigenvalue weighted by molar-refractivity contribution is 0.623. The van der Waals surface area contributed by atoms with E-state index in [9.17, 15) is 4.39 Å². The van der Waals surface area contributed by atoms with Crippen LogP contribution in [-0.4, -0.2) is 8.07 Å². The fraction of sp³-hybridized carbons (Fsp3) is 0.440. The molecule has 0 bridgehead atoms. The minimum atomic E-state index is -1.94. The Hall–Kier alpha value is -1.67. The van der Waals surface area contributed by atoms with Gasteiger partial charge in [0.2, 0.25) is 0 Å². The summed E-state index contributed by atoms with van der Waals surface area (Å²) in [5.41, 5.74) is 10.7. The highest BCUT2D eigenvalue weighted by Gasteiger charge is 2.53. The summed E-state index contributed by atoms with van der Waals surface area (Å²) in [6.45, 7) is 20.9. The van der Waals surface area contributed by atoms with Crippen LogP contribution >= 0.6 is 0 Å². The number of benzene rings is 1. The zero-order chi connectivity index (χ0) is 20.3. The molecule has 144 valence electrons. The van der Waals surface area contributed by atoms with Crippen LogP contribution in [0.1, 0.15) is 54.0 Å². The lowest BCUT2D eigenvalue weighted by Crippen LogP contribution is -2.45. The third kappa shape index (κ3) is 2.68. The molecule has 0 N–H and O–H groups in total. The summed E-state index contributed by atoms with van der Waals surface area (Å²) in [6, 6.07) is 7.31. The van der Waals surface area contributed by atoms with E-state index in [0.717, 1.165) is 5.56 Å². The monoisotopic (exact) mass is 380 g/mol. The first-order chi connectivity index (χ1) is 12.4. The van der Waals surface area contributed by atoms with E-state index in [-0.39, 0.29) is 10.9 Å². The summed E-state index contributed by atoms with van der Waals surface area (Å²) in [6.07, 6.45) is 2.50. The molecular formula is C25H33FSi. The van der Waals surface area contributed by atoms with Crippen molar-refractivity contribution in [3.8, 4) is 0 Å². The smallest absolute Gasteiger partial charge is 0.130 e. The Balaban J connectivity index is 2.24. The Morgan fingerprint density at radius 2 is 1.48 bits per heavy atom. The normalized spacial score (nSPS) is 26.4. The summed E-state index contributed by atoms with van der Waals surface area (Å²) < 4.78 is 14.8. The van der Waals surface area contributed by atoms with Gasteiger partial charge >= 0.3 is 0 Å². The topological polar surface area (TPSA) is 0 Å². The first-order valence-corrected chi connectivity index (χ1v) is 13.0. The Morgan fingerprint density at radius 1 is 0.889 bits per heavy atom. The van der Waals surface area contributed by atoms with Gasteiger partial charge in [-0.05, 0) is 69.9 Å². The molecule has 2 unspecified atom stereocenters. The Labute approximate surface area is 165 Å². The van der Waals surface area contributed by atoms with Gasteiger partial charge in [0.25, 0.3) is 0 Å². The van der Waals surface area contributed by atoms with Crippen LogP contribution in [0.4, 0.5) is 4.39 Å². The number of hydrogen-bond acceptors (Lipinski definition) is 0. The van der Waals surface area contributed by atoms with Crippen molar-refractivity contribution in [3.05, 3.63) is 75.2 Å². The Bertz CT molecular complexity index is 939. The quantitative estimate of drug-likeness (QED) is 0.465. The number of allylic oxidation sites excluding steroid dienone is 8. The van der Waals surface area contributed by atoms with Crippen LogP contribution in [0.15, 0.2) is 63.8 Å². The maximum Gasteiger partial charge on any atom is 0.130 e. The average molecular weight is 381 g/mol. The second-order valence-corrected chi connectivity index (χ2v) is 14.3. The molecule has 0 saturated carbocycles. The van der Waals surface area contributed by atoms with Gasteiger partial charge in [-0.3, -0.25) is 0 Å². The van der Waals surface area contributed by atoms with E-state index in [1.807, 2.05) is 12.1 Å². The largest absolute Gasteiger partial charge is 0.206 e. The van der Waals surface area contributed by atoms with Gasteiger partial charge < -0.3 is 0 Å². The number of hydrogen-bond donors (Lipinski definition) is 0. The third-order valence-electron chi connectivity index (χ3n) is 7.94. The summed E-state index contributed by atoms with van der Waals surface area (Å²) in [7, 11) is -1.94. The van der Waals surface area contributed by atoms with Crippen LogP contribution in [-0.2, 0) is 0 Å². The van der Waals surface area contributed by atoms with E-state index in [4.69, 9.17) is 0 Å². The van der Waals surface area contributed by atoms with Crippen molar-refractivity contribution >= 4 is 13.6 Å². The van der Waals surface area contributed by atoms with E-state index in [1.54, 1.807) is 12.1 Å². The van der Waals surface area contributed by atoms with E-state index >= 15 is 0 Å². The molecule has 0 nitrogen and oxygen atoms in total. The van der Waals surface area contributed by atoms with Gasteiger partial charge in [-0.15, -0.1) is 0 Å². The number of halogens is 1. The van der Waals surface area contributed by atoms with Crippen LogP contribution < -0.4 is 0 Å². The molecule has 0 amide bonds. The van der Waals surface area contributed by atoms with Crippen LogP contribution in [0.3, 0.4) is 0 Å². The van der Waals surface area contributed by atoms with Crippen molar-refractivity contribution in [1.82, 2.24) is 0 Å². The molecule has 3 rings (SSSR count). The predicted octanol–water partition coefficient (Wildman–Crippen LogP) is 8.08. The van der Waals surface area contributed by atoms with Crippen molar-refractivity contribution in [1.29, 1.82) is 0 Å². The molecule has 2 heteroatoms. The second kappa shape index (κ2) is 6.44. The molecule has 27 heavy (non-hydrogen) atoms. The predicted molar refractivity (Wildman–Crippen MR) is 119 cm³/mol. The van der Waals surface area contributed by atoms with Crippen molar-refractivity contribution in [2.75, 3.05) is 0 Å². The highest BCUT2D eigenvalue weighted by atomic mass is 28.3. The maximum absolute atomic E-state index is 14.8. The van der Waals surface area contributed by atoms with Crippen LogP contribution in [0.5, 0.6) is 0 Å². The van der Waals surface area contributed by atoms with Crippen molar-refractivity contribution in [2.45, 2.75) is 72.1 Å². The summed E-state index contributed by atoms with van der Waals surface area (Å²) in [5.74, 6) is -0.101. The molecular weight excluding hydrogens is 347 g/mol. The van der Waals surface area contributed by atoms with E-state index < -0.39 is 8.07 Å². The molecule has 0 radical (unpaired) electrons. The first kappa shape index (κ1) is 20.1. The molecule has 0 aliphatic heterocycles. The van der Waals surface area contributed by atoms with Gasteiger partial charge in [0.15, 0.2) is 0 Å². The lowest BCUT2D eigenvalue weighted by atomic mass is 9.99. The SMILES string of the molecule is CC1=CC(C)([Si](C)(C)C2C(C)=C(C)C(C)=C2c2ccccc2F)C(C)=C1C. The van der Waals surface area contributed by atoms with E-state index in [0.29, 0.717) is 5.54 Å². The summed E-state index contributed by atoms with van der Waals surface area (Å²) >= 11 is 0. The molecule has 2 aliphatic carbocycles. The van der Waals surface area contributed by atoms with E-state index in [2.05, 4.69) is 67.6 Å². The maximum atomic E-state index is 14.8. The van der Waals surface area contributed by atoms with Crippen molar-refractivity contribution in [2.24, 2.45) is 0 Å². The molecule has 2 aliphatic rings. The van der Waals surface area contributed by atoms with Gasteiger partial charge in [-0.1, -0.05) is 61.0 Å². The van der Waals surface area contributed by atoms with Gasteiger partial charge in [0, 0.05) is 16.1 Å². The standard InChI is InChI=1S/C25H33FSi/c1-15-14-25(7,20(6)16(15)2)27(8,9)24-19(5)17(3)18(4)23(24)21-12-10-11-13-22(21)26/h10-14,24H,1-9H3. The van der Waals surface area contributed by atoms with Crippen LogP contribution in [0, 0.1) is 5.82 Å². The molecule has 0 spiro atoms. The first-order valence-electron chi connectivity index (χ1n) is 9.96. The summed E-state index contributed by atoms with van der Waals surface area (Å²) in [4.78, 5) is 0. The fourth-order valence-electron chi connectivity index (χ4n) is 5.39. The van der Waals surface area contributed by atoms with Gasteiger partial charge in [0.1, 0.15) is 5.82 Å². The highest BCUT2D eigenvalue weighted by molar-refractivity contribution is 6.85. The molecule has 2 atom stereocenters. The molecule has 0 heterocycles. The Morgan fingerprint density at radius 3 is 2.00 bits per heavy atom. The van der Waals surface area contributed by atoms with Crippen molar-refractivity contribution < 1.29 is 4.39 Å². The van der Waals surface area contributed by atoms with Crippen LogP contribution in [0.2, 0.25) is 23.7 Å². The minimum absolute atomic E-state index is 0.0779. The minimum Gasteiger partial charge on any atom is -0.206 e. The van der Waals surface area contributed by atoms with Crippen LogP contribution in [0.25, 0.3) is 5.57 Å². The van der Waals surface area contributed by atoms with Crippen molar-refractivity contribution in [3.63, 3.8) is 0 Å². The molecule has 0 saturated heterocycles. The number of rotatable bonds is 3. The van der Waals surface area contributed by atoms with Gasteiger partial charge in [0.05, 0.1) is 8.07 Å². The second-order valence-electron chi connectivity index (χ2n) is 9.26. The average Bonchev–Trinajstić information content (AvgIpc) is 2.96. The molecule has 0 aromatic heterocycles. The lowest BCUT2D eigenvalue weighted by Gasteiger charge is -2.46. The zero-order valence-electron chi connectivity index (χ0n) is 18.3. The molecule has 1 aromatic carbocycles. The van der Waals surface area contributed by atoms with E-state index in [1.165, 1.54) is 39.0 Å². The van der Waals surface area contributed by atoms with Gasteiger partial charge in [-0.25, -0.2) is 4.39 Å².